The number of rotatable bonds is 2. The van der Waals surface area contributed by atoms with Crippen molar-refractivity contribution in [3.05, 3.63) is 5.75 Å². The first-order valence-corrected chi connectivity index (χ1v) is 7.02. The Balaban J connectivity index is 2.29. The van der Waals surface area contributed by atoms with E-state index in [0.29, 0.717) is 5.41 Å². The van der Waals surface area contributed by atoms with Crippen molar-refractivity contribution in [1.82, 2.24) is 0 Å². The highest BCUT2D eigenvalue weighted by Gasteiger charge is 2.49. The van der Waals surface area contributed by atoms with Gasteiger partial charge in [-0.2, -0.15) is 6.92 Å². The number of fused-ring (bicyclic) bond motifs is 3. The number of sulfone groups is 1. The molecule has 3 aliphatic rings. The van der Waals surface area contributed by atoms with Crippen molar-refractivity contribution in [1.29, 1.82) is 0 Å². The van der Waals surface area contributed by atoms with Gasteiger partial charge in [-0.3, -0.25) is 8.42 Å². The Hall–Kier alpha value is -0.0500. The van der Waals surface area contributed by atoms with E-state index in [1.165, 1.54) is 5.75 Å². The first kappa shape index (κ1) is 10.5. The van der Waals surface area contributed by atoms with Crippen LogP contribution < -0.4 is 0 Å². The average molecular weight is 215 g/mol. The SMILES string of the molecule is C[CH-]S(=O)(=O)C12CCC(C)(CC1)CC2. The lowest BCUT2D eigenvalue weighted by Gasteiger charge is -2.53. The maximum atomic E-state index is 12.0. The molecule has 0 spiro atoms. The molecular formula is C11H19O2S-. The second-order valence-electron chi connectivity index (χ2n) is 5.27. The van der Waals surface area contributed by atoms with E-state index in [1.54, 1.807) is 6.92 Å². The molecule has 2 bridgehead atoms. The van der Waals surface area contributed by atoms with Crippen LogP contribution in [0.4, 0.5) is 0 Å². The van der Waals surface area contributed by atoms with Gasteiger partial charge in [-0.05, 0) is 43.9 Å². The molecule has 0 heterocycles. The number of hydrogen-bond acceptors (Lipinski definition) is 2. The fourth-order valence-electron chi connectivity index (χ4n) is 3.02. The molecule has 0 aliphatic heterocycles. The molecule has 0 radical (unpaired) electrons. The normalized spacial score (nSPS) is 42.7. The van der Waals surface area contributed by atoms with Gasteiger partial charge < -0.3 is 0 Å². The molecule has 0 aromatic rings. The Morgan fingerprint density at radius 3 is 1.79 bits per heavy atom. The van der Waals surface area contributed by atoms with Crippen molar-refractivity contribution >= 4 is 9.84 Å². The van der Waals surface area contributed by atoms with E-state index in [1.807, 2.05) is 0 Å². The molecule has 0 unspecified atom stereocenters. The highest BCUT2D eigenvalue weighted by atomic mass is 32.2. The third kappa shape index (κ3) is 1.32. The standard InChI is InChI=1S/C11H19O2S/c1-3-14(12,13)11-7-4-10(2,5-8-11)6-9-11/h3H,4-9H2,1-2H3/q-1. The van der Waals surface area contributed by atoms with Gasteiger partial charge in [-0.25, -0.2) is 5.75 Å². The minimum atomic E-state index is -2.95. The minimum Gasteiger partial charge on any atom is -0.262 e. The molecular weight excluding hydrogens is 196 g/mol. The highest BCUT2D eigenvalue weighted by molar-refractivity contribution is 7.94. The summed E-state index contributed by atoms with van der Waals surface area (Å²) in [6.45, 7) is 3.96. The third-order valence-corrected chi connectivity index (χ3v) is 6.91. The third-order valence-electron chi connectivity index (χ3n) is 4.47. The zero-order valence-corrected chi connectivity index (χ0v) is 9.86. The number of hydrogen-bond donors (Lipinski definition) is 0. The van der Waals surface area contributed by atoms with Crippen molar-refractivity contribution in [2.45, 2.75) is 57.1 Å². The van der Waals surface area contributed by atoms with Crippen LogP contribution in [0.25, 0.3) is 0 Å². The lowest BCUT2D eigenvalue weighted by molar-refractivity contribution is 0.0977. The van der Waals surface area contributed by atoms with E-state index < -0.39 is 9.84 Å². The molecule has 0 aromatic heterocycles. The van der Waals surface area contributed by atoms with Crippen LogP contribution in [0.5, 0.6) is 0 Å². The molecule has 0 N–H and O–H groups in total. The van der Waals surface area contributed by atoms with Crippen molar-refractivity contribution in [2.24, 2.45) is 5.41 Å². The van der Waals surface area contributed by atoms with Crippen LogP contribution in [0.1, 0.15) is 52.4 Å². The molecule has 3 heteroatoms. The minimum absolute atomic E-state index is 0.375. The van der Waals surface area contributed by atoms with Gasteiger partial charge in [-0.15, -0.1) is 0 Å². The summed E-state index contributed by atoms with van der Waals surface area (Å²) >= 11 is 0. The molecule has 3 fully saturated rings. The van der Waals surface area contributed by atoms with Crippen molar-refractivity contribution in [3.63, 3.8) is 0 Å². The monoisotopic (exact) mass is 215 g/mol. The van der Waals surface area contributed by atoms with Crippen LogP contribution in [0.15, 0.2) is 0 Å². The maximum Gasteiger partial charge on any atom is 0.0438 e. The fourth-order valence-corrected chi connectivity index (χ4v) is 4.68. The Morgan fingerprint density at radius 1 is 1.00 bits per heavy atom. The summed E-state index contributed by atoms with van der Waals surface area (Å²) in [5.74, 6) is 1.42. The molecule has 82 valence electrons. The molecule has 0 saturated heterocycles. The van der Waals surface area contributed by atoms with Crippen LogP contribution in [-0.2, 0) is 9.84 Å². The predicted octanol–water partition coefficient (Wildman–Crippen LogP) is 2.70. The molecule has 3 rings (SSSR count). The molecule has 0 atom stereocenters. The second kappa shape index (κ2) is 2.97. The second-order valence-corrected chi connectivity index (χ2v) is 7.70. The van der Waals surface area contributed by atoms with Crippen LogP contribution in [-0.4, -0.2) is 13.2 Å². The zero-order chi connectivity index (χ0) is 10.4. The average Bonchev–Trinajstić information content (AvgIpc) is 2.19. The Labute approximate surface area is 87.0 Å². The first-order chi connectivity index (χ1) is 6.43. The maximum absolute atomic E-state index is 12.0. The Bertz CT molecular complexity index is 305. The van der Waals surface area contributed by atoms with E-state index in [4.69, 9.17) is 0 Å². The summed E-state index contributed by atoms with van der Waals surface area (Å²) in [6, 6.07) is 0. The lowest BCUT2D eigenvalue weighted by atomic mass is 9.61. The van der Waals surface area contributed by atoms with Gasteiger partial charge in [-0.1, -0.05) is 6.92 Å². The van der Waals surface area contributed by atoms with Gasteiger partial charge in [0, 0.05) is 14.6 Å². The largest absolute Gasteiger partial charge is 0.262 e. The molecule has 0 amide bonds. The van der Waals surface area contributed by atoms with Crippen molar-refractivity contribution in [3.8, 4) is 0 Å². The van der Waals surface area contributed by atoms with Crippen LogP contribution in [0, 0.1) is 11.2 Å². The van der Waals surface area contributed by atoms with E-state index in [-0.39, 0.29) is 4.75 Å². The zero-order valence-electron chi connectivity index (χ0n) is 9.04. The predicted molar refractivity (Wildman–Crippen MR) is 57.4 cm³/mol. The quantitative estimate of drug-likeness (QED) is 0.664. The fraction of sp³-hybridized carbons (Fsp3) is 0.909. The summed E-state index contributed by atoms with van der Waals surface area (Å²) in [5.41, 5.74) is 0.449. The molecule has 2 nitrogen and oxygen atoms in total. The topological polar surface area (TPSA) is 34.1 Å². The summed E-state index contributed by atoms with van der Waals surface area (Å²) in [6.07, 6.45) is 5.95. The van der Waals surface area contributed by atoms with E-state index >= 15 is 0 Å². The van der Waals surface area contributed by atoms with E-state index in [0.717, 1.165) is 38.5 Å². The Morgan fingerprint density at radius 2 is 1.43 bits per heavy atom. The lowest BCUT2D eigenvalue weighted by Crippen LogP contribution is -2.49. The van der Waals surface area contributed by atoms with Gasteiger partial charge in [0.15, 0.2) is 0 Å². The summed E-state index contributed by atoms with van der Waals surface area (Å²) in [7, 11) is -2.95. The van der Waals surface area contributed by atoms with Crippen LogP contribution >= 0.6 is 0 Å². The van der Waals surface area contributed by atoms with Crippen LogP contribution in [0.3, 0.4) is 0 Å². The van der Waals surface area contributed by atoms with Gasteiger partial charge in [0.05, 0.1) is 0 Å². The van der Waals surface area contributed by atoms with Crippen LogP contribution in [0.2, 0.25) is 0 Å². The molecule has 14 heavy (non-hydrogen) atoms. The summed E-state index contributed by atoms with van der Waals surface area (Å²) in [5, 5.41) is 0. The smallest absolute Gasteiger partial charge is 0.0438 e. The van der Waals surface area contributed by atoms with E-state index in [2.05, 4.69) is 6.92 Å². The summed E-state index contributed by atoms with van der Waals surface area (Å²) < 4.78 is 23.6. The van der Waals surface area contributed by atoms with Crippen molar-refractivity contribution < 1.29 is 8.42 Å². The van der Waals surface area contributed by atoms with Gasteiger partial charge >= 0.3 is 0 Å². The van der Waals surface area contributed by atoms with Gasteiger partial charge in [0.1, 0.15) is 0 Å². The molecule has 3 aliphatic carbocycles. The highest BCUT2D eigenvalue weighted by Crippen LogP contribution is 2.55. The first-order valence-electron chi connectivity index (χ1n) is 5.47. The van der Waals surface area contributed by atoms with Crippen molar-refractivity contribution in [2.75, 3.05) is 0 Å². The van der Waals surface area contributed by atoms with E-state index in [9.17, 15) is 8.42 Å². The van der Waals surface area contributed by atoms with Gasteiger partial charge in [0.2, 0.25) is 0 Å². The molecule has 3 saturated carbocycles. The van der Waals surface area contributed by atoms with Gasteiger partial charge in [0.25, 0.3) is 0 Å². The summed E-state index contributed by atoms with van der Waals surface area (Å²) in [4.78, 5) is 0. The molecule has 0 aromatic carbocycles. The Kier molecular flexibility index (Phi) is 2.22.